The second kappa shape index (κ2) is 8.52. The van der Waals surface area contributed by atoms with Gasteiger partial charge in [-0.2, -0.15) is 0 Å². The highest BCUT2D eigenvalue weighted by atomic mass is 19.1. The number of carbonyl (C=O) groups excluding carboxylic acids is 1. The summed E-state index contributed by atoms with van der Waals surface area (Å²) in [5.74, 6) is -0.326. The zero-order chi connectivity index (χ0) is 20.3. The van der Waals surface area contributed by atoms with E-state index in [1.165, 1.54) is 12.1 Å². The van der Waals surface area contributed by atoms with Crippen LogP contribution in [0.3, 0.4) is 0 Å². The number of benzene rings is 1. The fourth-order valence-corrected chi connectivity index (χ4v) is 3.65. The summed E-state index contributed by atoms with van der Waals surface area (Å²) in [5, 5.41) is 0. The molecule has 28 heavy (non-hydrogen) atoms. The van der Waals surface area contributed by atoms with Crippen LogP contribution in [0.5, 0.6) is 0 Å². The minimum absolute atomic E-state index is 0.00300. The molecule has 150 valence electrons. The van der Waals surface area contributed by atoms with Gasteiger partial charge in [-0.15, -0.1) is 0 Å². The highest BCUT2D eigenvalue weighted by molar-refractivity contribution is 5.92. The molecule has 7 nitrogen and oxygen atoms in total. The molecule has 2 heterocycles. The van der Waals surface area contributed by atoms with Crippen LogP contribution < -0.4 is 11.2 Å². The van der Waals surface area contributed by atoms with Crippen LogP contribution in [-0.4, -0.2) is 51.4 Å². The highest BCUT2D eigenvalue weighted by Gasteiger charge is 2.30. The van der Waals surface area contributed by atoms with E-state index in [9.17, 15) is 18.8 Å². The minimum atomic E-state index is -0.691. The third-order valence-electron chi connectivity index (χ3n) is 5.10. The van der Waals surface area contributed by atoms with Crippen LogP contribution in [0.25, 0.3) is 0 Å². The fraction of sp³-hybridized carbons (Fsp3) is 0.450. The van der Waals surface area contributed by atoms with Gasteiger partial charge in [0.05, 0.1) is 0 Å². The molecule has 1 aliphatic rings. The molecule has 1 aromatic heterocycles. The smallest absolute Gasteiger partial charge is 0.326 e. The third kappa shape index (κ3) is 4.75. The highest BCUT2D eigenvalue weighted by Crippen LogP contribution is 2.21. The topological polar surface area (TPSA) is 89.3 Å². The average Bonchev–Trinajstić information content (AvgIpc) is 2.85. The number of hydrogen-bond acceptors (Lipinski definition) is 4. The Bertz CT molecular complexity index is 907. The Hall–Kier alpha value is -2.74. The van der Waals surface area contributed by atoms with Crippen molar-refractivity contribution in [3.05, 3.63) is 68.2 Å². The average molecular weight is 388 g/mol. The first-order valence-electron chi connectivity index (χ1n) is 9.45. The lowest BCUT2D eigenvalue weighted by Gasteiger charge is -2.34. The van der Waals surface area contributed by atoms with E-state index in [1.807, 2.05) is 0 Å². The van der Waals surface area contributed by atoms with Crippen LogP contribution in [0, 0.1) is 11.7 Å². The predicted octanol–water partition coefficient (Wildman–Crippen LogP) is 1.58. The molecular formula is C20H25FN4O3. The first-order chi connectivity index (χ1) is 13.3. The number of aromatic amines is 2. The summed E-state index contributed by atoms with van der Waals surface area (Å²) >= 11 is 0. The summed E-state index contributed by atoms with van der Waals surface area (Å²) in [4.78, 5) is 44.4. The number of aromatic nitrogens is 2. The van der Waals surface area contributed by atoms with E-state index in [0.717, 1.165) is 24.6 Å². The van der Waals surface area contributed by atoms with Crippen LogP contribution >= 0.6 is 0 Å². The Morgan fingerprint density at radius 3 is 2.54 bits per heavy atom. The van der Waals surface area contributed by atoms with Crippen molar-refractivity contribution in [3.8, 4) is 0 Å². The maximum absolute atomic E-state index is 13.2. The van der Waals surface area contributed by atoms with Crippen molar-refractivity contribution in [1.82, 2.24) is 19.8 Å². The van der Waals surface area contributed by atoms with Crippen LogP contribution in [0.1, 0.15) is 36.3 Å². The molecule has 0 aliphatic carbocycles. The summed E-state index contributed by atoms with van der Waals surface area (Å²) in [6.45, 7) is 6.71. The zero-order valence-electron chi connectivity index (χ0n) is 16.1. The van der Waals surface area contributed by atoms with Gasteiger partial charge in [0.15, 0.2) is 0 Å². The van der Waals surface area contributed by atoms with Crippen molar-refractivity contribution in [2.75, 3.05) is 19.6 Å². The van der Waals surface area contributed by atoms with Crippen LogP contribution in [0.15, 0.2) is 39.9 Å². The number of carbonyl (C=O) groups is 1. The van der Waals surface area contributed by atoms with Crippen molar-refractivity contribution in [2.45, 2.75) is 32.9 Å². The van der Waals surface area contributed by atoms with Crippen molar-refractivity contribution in [2.24, 2.45) is 5.92 Å². The molecule has 1 saturated heterocycles. The Kier molecular flexibility index (Phi) is 6.08. The molecular weight excluding hydrogens is 363 g/mol. The standard InChI is InChI=1S/C20H25FN4O3/c1-13(2)17-12-25(19(27)16-10-18(26)23-20(28)22-16)9-3-8-24(17)11-14-4-6-15(21)7-5-14/h4-7,10,13,17H,3,8-9,11-12H2,1-2H3,(H2,22,23,26,28)/t17-/m0/s1. The van der Waals surface area contributed by atoms with E-state index in [1.54, 1.807) is 17.0 Å². The zero-order valence-corrected chi connectivity index (χ0v) is 16.1. The van der Waals surface area contributed by atoms with Crippen molar-refractivity contribution in [1.29, 1.82) is 0 Å². The van der Waals surface area contributed by atoms with Gasteiger partial charge in [0.2, 0.25) is 0 Å². The Balaban J connectivity index is 1.80. The fourth-order valence-electron chi connectivity index (χ4n) is 3.65. The Labute approximate surface area is 162 Å². The summed E-state index contributed by atoms with van der Waals surface area (Å²) < 4.78 is 13.2. The predicted molar refractivity (Wildman–Crippen MR) is 104 cm³/mol. The second-order valence-corrected chi connectivity index (χ2v) is 7.51. The van der Waals surface area contributed by atoms with E-state index < -0.39 is 11.2 Å². The molecule has 0 spiro atoms. The molecule has 2 N–H and O–H groups in total. The largest absolute Gasteiger partial charge is 0.336 e. The summed E-state index contributed by atoms with van der Waals surface area (Å²) in [6.07, 6.45) is 0.767. The molecule has 2 aromatic rings. The van der Waals surface area contributed by atoms with Gasteiger partial charge in [0.25, 0.3) is 11.5 Å². The SMILES string of the molecule is CC(C)[C@@H]1CN(C(=O)c2cc(=O)[nH]c(=O)[nH]2)CCCN1Cc1ccc(F)cc1. The van der Waals surface area contributed by atoms with Crippen LogP contribution in [0.2, 0.25) is 0 Å². The van der Waals surface area contributed by atoms with Crippen molar-refractivity contribution >= 4 is 5.91 Å². The van der Waals surface area contributed by atoms with Gasteiger partial charge in [-0.3, -0.25) is 19.5 Å². The van der Waals surface area contributed by atoms with E-state index in [2.05, 4.69) is 28.7 Å². The number of nitrogens with one attached hydrogen (secondary N) is 2. The van der Waals surface area contributed by atoms with Crippen molar-refractivity contribution < 1.29 is 9.18 Å². The first kappa shape index (κ1) is 20.0. The van der Waals surface area contributed by atoms with Gasteiger partial charge < -0.3 is 9.88 Å². The maximum Gasteiger partial charge on any atom is 0.326 e. The number of rotatable bonds is 4. The number of nitrogens with zero attached hydrogens (tertiary/aromatic N) is 2. The molecule has 0 bridgehead atoms. The van der Waals surface area contributed by atoms with E-state index in [0.29, 0.717) is 19.6 Å². The molecule has 1 atom stereocenters. The lowest BCUT2D eigenvalue weighted by Crippen LogP contribution is -2.46. The van der Waals surface area contributed by atoms with Crippen LogP contribution in [0.4, 0.5) is 4.39 Å². The monoisotopic (exact) mass is 388 g/mol. The molecule has 0 saturated carbocycles. The van der Waals surface area contributed by atoms with E-state index in [4.69, 9.17) is 0 Å². The Morgan fingerprint density at radius 2 is 1.89 bits per heavy atom. The van der Waals surface area contributed by atoms with E-state index in [-0.39, 0.29) is 29.4 Å². The molecule has 0 radical (unpaired) electrons. The summed E-state index contributed by atoms with van der Waals surface area (Å²) in [6, 6.07) is 7.69. The lowest BCUT2D eigenvalue weighted by molar-refractivity contribution is 0.0696. The molecule has 1 aromatic carbocycles. The molecule has 8 heteroatoms. The van der Waals surface area contributed by atoms with Gasteiger partial charge in [0, 0.05) is 38.3 Å². The number of halogens is 1. The number of hydrogen-bond donors (Lipinski definition) is 2. The van der Waals surface area contributed by atoms with Crippen LogP contribution in [-0.2, 0) is 6.54 Å². The molecule has 0 unspecified atom stereocenters. The normalized spacial score (nSPS) is 18.3. The summed E-state index contributed by atoms with van der Waals surface area (Å²) in [7, 11) is 0. The number of H-pyrrole nitrogens is 2. The minimum Gasteiger partial charge on any atom is -0.336 e. The molecule has 1 fully saturated rings. The first-order valence-corrected chi connectivity index (χ1v) is 9.45. The molecule has 1 amide bonds. The van der Waals surface area contributed by atoms with Gasteiger partial charge >= 0.3 is 5.69 Å². The quantitative estimate of drug-likeness (QED) is 0.832. The van der Waals surface area contributed by atoms with Crippen molar-refractivity contribution in [3.63, 3.8) is 0 Å². The van der Waals surface area contributed by atoms with Gasteiger partial charge in [-0.1, -0.05) is 26.0 Å². The molecule has 1 aliphatic heterocycles. The molecule has 3 rings (SSSR count). The van der Waals surface area contributed by atoms with Gasteiger partial charge in [0.1, 0.15) is 11.5 Å². The van der Waals surface area contributed by atoms with Gasteiger partial charge in [-0.25, -0.2) is 9.18 Å². The summed E-state index contributed by atoms with van der Waals surface area (Å²) in [5.41, 5.74) is -0.265. The second-order valence-electron chi connectivity index (χ2n) is 7.51. The third-order valence-corrected chi connectivity index (χ3v) is 5.10. The number of amides is 1. The van der Waals surface area contributed by atoms with E-state index >= 15 is 0 Å². The Morgan fingerprint density at radius 1 is 1.18 bits per heavy atom. The van der Waals surface area contributed by atoms with Gasteiger partial charge in [-0.05, 0) is 30.0 Å². The lowest BCUT2D eigenvalue weighted by atomic mass is 10.0. The maximum atomic E-state index is 13.2.